The number of nitrogens with one attached hydrogen (secondary N) is 1. The third-order valence-electron chi connectivity index (χ3n) is 5.34. The van der Waals surface area contributed by atoms with Crippen LogP contribution in [-0.2, 0) is 4.79 Å². The summed E-state index contributed by atoms with van der Waals surface area (Å²) in [4.78, 5) is 13.3. The minimum Gasteiger partial charge on any atom is -0.507 e. The van der Waals surface area contributed by atoms with Crippen LogP contribution in [0.25, 0.3) is 0 Å². The van der Waals surface area contributed by atoms with Crippen molar-refractivity contribution in [2.24, 2.45) is 11.8 Å². The van der Waals surface area contributed by atoms with Gasteiger partial charge >= 0.3 is 0 Å². The zero-order valence-electron chi connectivity index (χ0n) is 17.0. The summed E-state index contributed by atoms with van der Waals surface area (Å²) in [5.41, 5.74) is 4.05. The van der Waals surface area contributed by atoms with E-state index in [0.717, 1.165) is 57.1 Å². The molecule has 0 aliphatic heterocycles. The molecule has 2 aliphatic rings. The first-order chi connectivity index (χ1) is 12.4. The van der Waals surface area contributed by atoms with Gasteiger partial charge in [-0.25, -0.2) is 0 Å². The standard InChI is InChI=1S/C23H35NO2/c1-6-7-8-12-19-17(5)22(25)20(18-11-9-10-16(4)13-18)23(26)21(19)24-14-15(2)3/h13,15,18,24-25H,5-12,14H2,1-4H3. The third kappa shape index (κ3) is 4.69. The predicted molar refractivity (Wildman–Crippen MR) is 109 cm³/mol. The largest absolute Gasteiger partial charge is 0.507 e. The second-order valence-corrected chi connectivity index (χ2v) is 8.17. The average Bonchev–Trinajstić information content (AvgIpc) is 2.59. The van der Waals surface area contributed by atoms with Crippen LogP contribution in [0.15, 0.2) is 46.4 Å². The first-order valence-electron chi connectivity index (χ1n) is 10.2. The molecule has 2 aliphatic carbocycles. The highest BCUT2D eigenvalue weighted by molar-refractivity contribution is 6.11. The predicted octanol–water partition coefficient (Wildman–Crippen LogP) is 5.76. The molecule has 1 atom stereocenters. The average molecular weight is 358 g/mol. The number of Topliss-reactive ketones (excluding diaryl/α,β-unsaturated/α-hetero) is 1. The van der Waals surface area contributed by atoms with E-state index in [0.29, 0.717) is 22.8 Å². The normalized spacial score (nSPS) is 21.6. The third-order valence-corrected chi connectivity index (χ3v) is 5.34. The van der Waals surface area contributed by atoms with Gasteiger partial charge in [-0.1, -0.05) is 51.8 Å². The van der Waals surface area contributed by atoms with Gasteiger partial charge in [0.2, 0.25) is 5.78 Å². The maximum Gasteiger partial charge on any atom is 0.209 e. The van der Waals surface area contributed by atoms with Crippen molar-refractivity contribution < 1.29 is 9.90 Å². The fourth-order valence-electron chi connectivity index (χ4n) is 3.84. The maximum atomic E-state index is 13.3. The number of carbonyl (C=O) groups is 1. The summed E-state index contributed by atoms with van der Waals surface area (Å²) in [7, 11) is 0. The molecule has 0 spiro atoms. The molecule has 2 N–H and O–H groups in total. The van der Waals surface area contributed by atoms with Crippen molar-refractivity contribution in [3.8, 4) is 0 Å². The van der Waals surface area contributed by atoms with E-state index in [1.807, 2.05) is 0 Å². The Labute approximate surface area is 159 Å². The summed E-state index contributed by atoms with van der Waals surface area (Å²) >= 11 is 0. The van der Waals surface area contributed by atoms with Crippen LogP contribution in [0, 0.1) is 11.8 Å². The molecule has 0 aromatic carbocycles. The molecule has 0 bridgehead atoms. The molecule has 0 radical (unpaired) electrons. The van der Waals surface area contributed by atoms with Gasteiger partial charge in [0.1, 0.15) is 5.76 Å². The Kier molecular flexibility index (Phi) is 7.31. The van der Waals surface area contributed by atoms with E-state index in [2.05, 4.69) is 45.7 Å². The summed E-state index contributed by atoms with van der Waals surface area (Å²) in [5, 5.41) is 14.2. The minimum absolute atomic E-state index is 0.000965. The van der Waals surface area contributed by atoms with Crippen LogP contribution in [-0.4, -0.2) is 17.4 Å². The molecular weight excluding hydrogens is 322 g/mol. The van der Waals surface area contributed by atoms with Crippen molar-refractivity contribution in [2.45, 2.75) is 72.6 Å². The smallest absolute Gasteiger partial charge is 0.209 e. The first-order valence-corrected chi connectivity index (χ1v) is 10.2. The number of allylic oxidation sites excluding steroid dienone is 4. The van der Waals surface area contributed by atoms with Crippen LogP contribution in [0.1, 0.15) is 72.6 Å². The van der Waals surface area contributed by atoms with Crippen LogP contribution < -0.4 is 5.32 Å². The Morgan fingerprint density at radius 2 is 2.08 bits per heavy atom. The van der Waals surface area contributed by atoms with Gasteiger partial charge in [-0.15, -0.1) is 0 Å². The topological polar surface area (TPSA) is 49.3 Å². The zero-order valence-corrected chi connectivity index (χ0v) is 17.0. The van der Waals surface area contributed by atoms with E-state index in [1.54, 1.807) is 0 Å². The number of aliphatic hydroxyl groups is 1. The fourth-order valence-corrected chi connectivity index (χ4v) is 3.84. The van der Waals surface area contributed by atoms with E-state index < -0.39 is 0 Å². The Hall–Kier alpha value is -1.77. The van der Waals surface area contributed by atoms with Crippen LogP contribution in [0.3, 0.4) is 0 Å². The quantitative estimate of drug-likeness (QED) is 0.428. The minimum atomic E-state index is -0.0296. The lowest BCUT2D eigenvalue weighted by molar-refractivity contribution is -0.113. The van der Waals surface area contributed by atoms with E-state index in [4.69, 9.17) is 0 Å². The van der Waals surface area contributed by atoms with E-state index >= 15 is 0 Å². The molecule has 0 heterocycles. The highest BCUT2D eigenvalue weighted by Gasteiger charge is 2.35. The Morgan fingerprint density at radius 3 is 2.69 bits per heavy atom. The molecule has 2 rings (SSSR count). The van der Waals surface area contributed by atoms with E-state index in [9.17, 15) is 9.90 Å². The molecule has 144 valence electrons. The van der Waals surface area contributed by atoms with E-state index in [-0.39, 0.29) is 17.5 Å². The molecule has 3 heteroatoms. The van der Waals surface area contributed by atoms with Crippen LogP contribution >= 0.6 is 0 Å². The second-order valence-electron chi connectivity index (χ2n) is 8.17. The molecule has 0 amide bonds. The van der Waals surface area contributed by atoms with Crippen LogP contribution in [0.5, 0.6) is 0 Å². The lowest BCUT2D eigenvalue weighted by atomic mass is 9.77. The van der Waals surface area contributed by atoms with Gasteiger partial charge in [0.25, 0.3) is 0 Å². The highest BCUT2D eigenvalue weighted by atomic mass is 16.3. The molecule has 26 heavy (non-hydrogen) atoms. The SMILES string of the molecule is C=C1C(O)=C(C2C=C(C)CCC2)C(=O)C(NCC(C)C)=C1CCCCC. The lowest BCUT2D eigenvalue weighted by Gasteiger charge is -2.30. The van der Waals surface area contributed by atoms with Gasteiger partial charge in [0, 0.05) is 18.0 Å². The summed E-state index contributed by atoms with van der Waals surface area (Å²) < 4.78 is 0. The first kappa shape index (κ1) is 20.5. The number of hydrogen-bond acceptors (Lipinski definition) is 3. The zero-order chi connectivity index (χ0) is 19.3. The highest BCUT2D eigenvalue weighted by Crippen LogP contribution is 2.39. The monoisotopic (exact) mass is 357 g/mol. The number of aliphatic hydroxyl groups excluding tert-OH is 1. The van der Waals surface area contributed by atoms with Crippen LogP contribution in [0.4, 0.5) is 0 Å². The van der Waals surface area contributed by atoms with Crippen molar-refractivity contribution in [1.29, 1.82) is 0 Å². The number of rotatable bonds is 8. The Morgan fingerprint density at radius 1 is 1.35 bits per heavy atom. The Balaban J connectivity index is 2.37. The number of hydrogen-bond donors (Lipinski definition) is 2. The van der Waals surface area contributed by atoms with Gasteiger partial charge < -0.3 is 10.4 Å². The van der Waals surface area contributed by atoms with Crippen molar-refractivity contribution in [3.05, 3.63) is 46.4 Å². The van der Waals surface area contributed by atoms with Crippen molar-refractivity contribution in [1.82, 2.24) is 5.32 Å². The molecule has 0 saturated carbocycles. The molecule has 0 aromatic heterocycles. The van der Waals surface area contributed by atoms with Gasteiger partial charge in [-0.2, -0.15) is 0 Å². The number of unbranched alkanes of at least 4 members (excludes halogenated alkanes) is 2. The maximum absolute atomic E-state index is 13.3. The van der Waals surface area contributed by atoms with Gasteiger partial charge in [-0.3, -0.25) is 4.79 Å². The molecular formula is C23H35NO2. The van der Waals surface area contributed by atoms with Gasteiger partial charge in [0.15, 0.2) is 0 Å². The summed E-state index contributed by atoms with van der Waals surface area (Å²) in [6.45, 7) is 13.4. The summed E-state index contributed by atoms with van der Waals surface area (Å²) in [5.74, 6) is 0.534. The molecule has 0 fully saturated rings. The molecule has 3 nitrogen and oxygen atoms in total. The van der Waals surface area contributed by atoms with Crippen molar-refractivity contribution in [2.75, 3.05) is 6.54 Å². The van der Waals surface area contributed by atoms with E-state index in [1.165, 1.54) is 5.57 Å². The fraction of sp³-hybridized carbons (Fsp3) is 0.609. The molecule has 1 unspecified atom stereocenters. The van der Waals surface area contributed by atoms with Crippen molar-refractivity contribution in [3.63, 3.8) is 0 Å². The molecule has 0 aromatic rings. The Bertz CT molecular complexity index is 649. The second kappa shape index (κ2) is 9.25. The van der Waals surface area contributed by atoms with Crippen LogP contribution in [0.2, 0.25) is 0 Å². The van der Waals surface area contributed by atoms with Crippen molar-refractivity contribution >= 4 is 5.78 Å². The molecule has 0 saturated heterocycles. The lowest BCUT2D eigenvalue weighted by Crippen LogP contribution is -2.33. The van der Waals surface area contributed by atoms with Gasteiger partial charge in [-0.05, 0) is 50.5 Å². The number of ketones is 1. The summed E-state index contributed by atoms with van der Waals surface area (Å²) in [6, 6.07) is 0. The van der Waals surface area contributed by atoms with Gasteiger partial charge in [0.05, 0.1) is 11.3 Å². The summed E-state index contributed by atoms with van der Waals surface area (Å²) in [6.07, 6.45) is 9.25. The number of carbonyl (C=O) groups excluding carboxylic acids is 1.